The molecule has 176 valence electrons. The van der Waals surface area contributed by atoms with Gasteiger partial charge in [0, 0.05) is 44.2 Å². The molecule has 1 amide bonds. The molecule has 2 heterocycles. The highest BCUT2D eigenvalue weighted by molar-refractivity contribution is 5.77. The van der Waals surface area contributed by atoms with Crippen LogP contribution in [0.1, 0.15) is 36.0 Å². The molecule has 0 radical (unpaired) electrons. The first-order valence-corrected chi connectivity index (χ1v) is 11.3. The van der Waals surface area contributed by atoms with Crippen molar-refractivity contribution in [2.24, 2.45) is 5.92 Å². The van der Waals surface area contributed by atoms with Crippen molar-refractivity contribution in [2.75, 3.05) is 19.7 Å². The molecule has 2 aromatic rings. The Bertz CT molecular complexity index is 974. The molecule has 2 fully saturated rings. The van der Waals surface area contributed by atoms with Crippen molar-refractivity contribution in [1.82, 2.24) is 9.80 Å². The number of hydrogen-bond donors (Lipinski definition) is 0. The minimum absolute atomic E-state index is 0.0905. The van der Waals surface area contributed by atoms with Gasteiger partial charge in [-0.05, 0) is 42.5 Å². The summed E-state index contributed by atoms with van der Waals surface area (Å²) in [6.45, 7) is 7.05. The summed E-state index contributed by atoms with van der Waals surface area (Å²) in [7, 11) is 0. The molecular weight excluding hydrogens is 429 g/mol. The van der Waals surface area contributed by atoms with Crippen molar-refractivity contribution in [1.29, 1.82) is 0 Å². The maximum atomic E-state index is 12.9. The number of amides is 1. The van der Waals surface area contributed by atoms with Crippen molar-refractivity contribution < 1.29 is 22.7 Å². The fraction of sp³-hybridized carbons (Fsp3) is 0.423. The van der Waals surface area contributed by atoms with Gasteiger partial charge in [-0.15, -0.1) is 0 Å². The zero-order chi connectivity index (χ0) is 23.4. The Labute approximate surface area is 192 Å². The summed E-state index contributed by atoms with van der Waals surface area (Å²) in [5.74, 6) is 1.31. The summed E-state index contributed by atoms with van der Waals surface area (Å²) in [5, 5.41) is 0. The molecule has 0 spiro atoms. The Morgan fingerprint density at radius 2 is 1.82 bits per heavy atom. The van der Waals surface area contributed by atoms with Crippen LogP contribution in [0.15, 0.2) is 61.2 Å². The molecule has 2 aromatic carbocycles. The molecule has 4 nitrogen and oxygen atoms in total. The van der Waals surface area contributed by atoms with Crippen LogP contribution in [0.4, 0.5) is 13.2 Å². The SMILES string of the molecule is C=CCOc1ccccc1CN1CC[C@H]2[C@H](CCC(=O)N2Cc2ccc(C(F)(F)F)cc2)C1. The van der Waals surface area contributed by atoms with E-state index < -0.39 is 11.7 Å². The van der Waals surface area contributed by atoms with E-state index in [2.05, 4.69) is 17.5 Å². The topological polar surface area (TPSA) is 32.8 Å². The summed E-state index contributed by atoms with van der Waals surface area (Å²) in [6.07, 6.45) is -0.446. The molecule has 2 saturated heterocycles. The van der Waals surface area contributed by atoms with Gasteiger partial charge in [0.15, 0.2) is 0 Å². The van der Waals surface area contributed by atoms with Crippen molar-refractivity contribution in [2.45, 2.75) is 44.6 Å². The van der Waals surface area contributed by atoms with Gasteiger partial charge in [0.1, 0.15) is 12.4 Å². The molecule has 0 bridgehead atoms. The van der Waals surface area contributed by atoms with E-state index in [1.807, 2.05) is 23.1 Å². The second-order valence-electron chi connectivity index (χ2n) is 8.81. The molecule has 0 N–H and O–H groups in total. The van der Waals surface area contributed by atoms with Crippen LogP contribution in [0, 0.1) is 5.92 Å². The number of carbonyl (C=O) groups excluding carboxylic acids is 1. The van der Waals surface area contributed by atoms with E-state index >= 15 is 0 Å². The number of benzene rings is 2. The van der Waals surface area contributed by atoms with Gasteiger partial charge in [0.25, 0.3) is 0 Å². The number of piperidine rings is 2. The number of hydrogen-bond acceptors (Lipinski definition) is 3. The Morgan fingerprint density at radius 3 is 2.55 bits per heavy atom. The Kier molecular flexibility index (Phi) is 7.08. The maximum Gasteiger partial charge on any atom is 0.416 e. The number of ether oxygens (including phenoxy) is 1. The molecule has 7 heteroatoms. The third-order valence-corrected chi connectivity index (χ3v) is 6.59. The molecule has 0 aliphatic carbocycles. The number of likely N-dealkylation sites (tertiary alicyclic amines) is 2. The lowest BCUT2D eigenvalue weighted by atomic mass is 9.83. The summed E-state index contributed by atoms with van der Waals surface area (Å²) in [6, 6.07) is 13.3. The molecular formula is C26H29F3N2O2. The van der Waals surface area contributed by atoms with Gasteiger partial charge >= 0.3 is 6.18 Å². The molecule has 2 aliphatic rings. The summed E-state index contributed by atoms with van der Waals surface area (Å²) < 4.78 is 44.4. The van der Waals surface area contributed by atoms with E-state index in [1.54, 1.807) is 6.08 Å². The van der Waals surface area contributed by atoms with Crippen LogP contribution in [0.3, 0.4) is 0 Å². The lowest BCUT2D eigenvalue weighted by Gasteiger charge is -2.47. The summed E-state index contributed by atoms with van der Waals surface area (Å²) in [5.41, 5.74) is 1.19. The van der Waals surface area contributed by atoms with E-state index in [-0.39, 0.29) is 11.9 Å². The van der Waals surface area contributed by atoms with E-state index in [4.69, 9.17) is 4.74 Å². The summed E-state index contributed by atoms with van der Waals surface area (Å²) >= 11 is 0. The molecule has 0 saturated carbocycles. The lowest BCUT2D eigenvalue weighted by molar-refractivity contribution is -0.142. The van der Waals surface area contributed by atoms with Crippen LogP contribution in [-0.4, -0.2) is 41.4 Å². The quantitative estimate of drug-likeness (QED) is 0.529. The van der Waals surface area contributed by atoms with Crippen LogP contribution in [0.2, 0.25) is 0 Å². The van der Waals surface area contributed by atoms with Crippen LogP contribution >= 0.6 is 0 Å². The summed E-state index contributed by atoms with van der Waals surface area (Å²) in [4.78, 5) is 17.0. The Morgan fingerprint density at radius 1 is 1.06 bits per heavy atom. The first kappa shape index (κ1) is 23.4. The van der Waals surface area contributed by atoms with Crippen molar-refractivity contribution >= 4 is 5.91 Å². The van der Waals surface area contributed by atoms with Gasteiger partial charge in [0.05, 0.1) is 5.56 Å². The number of fused-ring (bicyclic) bond motifs is 1. The van der Waals surface area contributed by atoms with Gasteiger partial charge in [-0.2, -0.15) is 13.2 Å². The van der Waals surface area contributed by atoms with Crippen LogP contribution < -0.4 is 4.74 Å². The number of para-hydroxylation sites is 1. The van der Waals surface area contributed by atoms with Crippen molar-refractivity contribution in [3.8, 4) is 5.75 Å². The normalized spacial score (nSPS) is 21.5. The van der Waals surface area contributed by atoms with E-state index in [9.17, 15) is 18.0 Å². The average Bonchev–Trinajstić information content (AvgIpc) is 2.80. The smallest absolute Gasteiger partial charge is 0.416 e. The second-order valence-corrected chi connectivity index (χ2v) is 8.81. The fourth-order valence-corrected chi connectivity index (χ4v) is 4.94. The van der Waals surface area contributed by atoms with Gasteiger partial charge < -0.3 is 9.64 Å². The number of nitrogens with zero attached hydrogens (tertiary/aromatic N) is 2. The fourth-order valence-electron chi connectivity index (χ4n) is 4.94. The molecule has 2 aliphatic heterocycles. The average molecular weight is 459 g/mol. The van der Waals surface area contributed by atoms with E-state index in [0.29, 0.717) is 25.5 Å². The Hall–Kier alpha value is -2.80. The highest BCUT2D eigenvalue weighted by Gasteiger charge is 2.39. The minimum atomic E-state index is -4.35. The third kappa shape index (κ3) is 5.58. The van der Waals surface area contributed by atoms with Crippen molar-refractivity contribution in [3.63, 3.8) is 0 Å². The molecule has 33 heavy (non-hydrogen) atoms. The van der Waals surface area contributed by atoms with Crippen molar-refractivity contribution in [3.05, 3.63) is 77.9 Å². The predicted molar refractivity (Wildman–Crippen MR) is 121 cm³/mol. The van der Waals surface area contributed by atoms with Crippen LogP contribution in [0.25, 0.3) is 0 Å². The highest BCUT2D eigenvalue weighted by atomic mass is 19.4. The molecule has 0 unspecified atom stereocenters. The first-order valence-electron chi connectivity index (χ1n) is 11.3. The molecule has 0 aromatic heterocycles. The molecule has 4 rings (SSSR count). The maximum absolute atomic E-state index is 12.9. The lowest BCUT2D eigenvalue weighted by Crippen LogP contribution is -2.55. The van der Waals surface area contributed by atoms with E-state index in [1.165, 1.54) is 12.1 Å². The van der Waals surface area contributed by atoms with Crippen LogP contribution in [-0.2, 0) is 24.1 Å². The van der Waals surface area contributed by atoms with Gasteiger partial charge in [-0.1, -0.05) is 43.0 Å². The zero-order valence-corrected chi connectivity index (χ0v) is 18.6. The number of halogens is 3. The number of carbonyl (C=O) groups is 1. The third-order valence-electron chi connectivity index (χ3n) is 6.59. The standard InChI is InChI=1S/C26H29F3N2O2/c1-2-15-33-24-6-4-3-5-21(24)18-30-14-13-23-20(17-30)9-12-25(32)31(23)16-19-7-10-22(11-8-19)26(27,28)29/h2-8,10-11,20,23H,1,9,12-18H2/t20-,23+/m1/s1. The van der Waals surface area contributed by atoms with Crippen LogP contribution in [0.5, 0.6) is 5.75 Å². The number of rotatable bonds is 7. The predicted octanol–water partition coefficient (Wildman–Crippen LogP) is 5.28. The zero-order valence-electron chi connectivity index (χ0n) is 18.6. The molecule has 2 atom stereocenters. The first-order chi connectivity index (χ1) is 15.8. The van der Waals surface area contributed by atoms with Gasteiger partial charge in [0.2, 0.25) is 5.91 Å². The van der Waals surface area contributed by atoms with Gasteiger partial charge in [-0.25, -0.2) is 0 Å². The minimum Gasteiger partial charge on any atom is -0.489 e. The monoisotopic (exact) mass is 458 g/mol. The van der Waals surface area contributed by atoms with Gasteiger partial charge in [-0.3, -0.25) is 9.69 Å². The number of alkyl halides is 3. The van der Waals surface area contributed by atoms with E-state index in [0.717, 1.165) is 61.5 Å². The highest BCUT2D eigenvalue weighted by Crippen LogP contribution is 2.34. The second kappa shape index (κ2) is 10.00. The largest absolute Gasteiger partial charge is 0.489 e. The Balaban J connectivity index is 1.41.